The molecule has 3 amide bonds. The maximum atomic E-state index is 12.9. The van der Waals surface area contributed by atoms with Crippen LogP contribution in [0.3, 0.4) is 0 Å². The van der Waals surface area contributed by atoms with E-state index in [1.165, 1.54) is 4.90 Å². The Hall–Kier alpha value is -2.50. The Labute approximate surface area is 151 Å². The van der Waals surface area contributed by atoms with E-state index in [4.69, 9.17) is 0 Å². The van der Waals surface area contributed by atoms with Crippen LogP contribution < -0.4 is 0 Å². The molecule has 1 aromatic heterocycles. The quantitative estimate of drug-likeness (QED) is 0.594. The van der Waals surface area contributed by atoms with Crippen LogP contribution >= 0.6 is 0 Å². The standard InChI is InChI=1S/C20H21N3O3/c24-16(22(15-3-4-15)10-12-5-7-21-8-6-12)11-23-19(25)17-13-1-2-14(9-13)18(17)20(23)26/h1-2,5-8,13-15,17-18H,3-4,9-11H2/t13-,14-,17-,18-/m0/s1. The van der Waals surface area contributed by atoms with Crippen molar-refractivity contribution in [1.82, 2.24) is 14.8 Å². The van der Waals surface area contributed by atoms with Crippen molar-refractivity contribution in [1.29, 1.82) is 0 Å². The molecule has 0 N–H and O–H groups in total. The first-order chi connectivity index (χ1) is 12.6. The van der Waals surface area contributed by atoms with E-state index in [1.54, 1.807) is 12.4 Å². The van der Waals surface area contributed by atoms with Crippen molar-refractivity contribution in [2.75, 3.05) is 6.54 Å². The maximum absolute atomic E-state index is 12.9. The summed E-state index contributed by atoms with van der Waals surface area (Å²) >= 11 is 0. The van der Waals surface area contributed by atoms with Gasteiger partial charge in [-0.1, -0.05) is 12.2 Å². The van der Waals surface area contributed by atoms with Gasteiger partial charge in [-0.3, -0.25) is 24.3 Å². The molecule has 1 saturated heterocycles. The largest absolute Gasteiger partial charge is 0.334 e. The summed E-state index contributed by atoms with van der Waals surface area (Å²) in [6.07, 6.45) is 10.4. The molecule has 26 heavy (non-hydrogen) atoms. The van der Waals surface area contributed by atoms with Crippen LogP contribution in [0, 0.1) is 23.7 Å². The number of pyridine rings is 1. The summed E-state index contributed by atoms with van der Waals surface area (Å²) in [5.41, 5.74) is 1.01. The Kier molecular flexibility index (Phi) is 3.48. The van der Waals surface area contributed by atoms with Crippen molar-refractivity contribution in [2.24, 2.45) is 23.7 Å². The van der Waals surface area contributed by atoms with E-state index < -0.39 is 0 Å². The fourth-order valence-corrected chi connectivity index (χ4v) is 4.84. The van der Waals surface area contributed by atoms with E-state index in [1.807, 2.05) is 17.0 Å². The fraction of sp³-hybridized carbons (Fsp3) is 0.500. The van der Waals surface area contributed by atoms with Gasteiger partial charge in [0, 0.05) is 25.0 Å². The van der Waals surface area contributed by atoms with E-state index in [0.717, 1.165) is 24.8 Å². The van der Waals surface area contributed by atoms with Crippen LogP contribution in [0.1, 0.15) is 24.8 Å². The number of aromatic nitrogens is 1. The van der Waals surface area contributed by atoms with Crippen molar-refractivity contribution in [2.45, 2.75) is 31.8 Å². The van der Waals surface area contributed by atoms with Gasteiger partial charge >= 0.3 is 0 Å². The zero-order valence-electron chi connectivity index (χ0n) is 14.5. The van der Waals surface area contributed by atoms with E-state index in [9.17, 15) is 14.4 Å². The van der Waals surface area contributed by atoms with E-state index in [0.29, 0.717) is 6.54 Å². The third-order valence-electron chi connectivity index (χ3n) is 6.27. The molecular weight excluding hydrogens is 330 g/mol. The molecule has 6 heteroatoms. The average molecular weight is 351 g/mol. The lowest BCUT2D eigenvalue weighted by atomic mass is 9.85. The fourth-order valence-electron chi connectivity index (χ4n) is 4.84. The Morgan fingerprint density at radius 1 is 1.08 bits per heavy atom. The third kappa shape index (κ3) is 2.39. The molecule has 4 aliphatic rings. The van der Waals surface area contributed by atoms with Crippen LogP contribution in [-0.2, 0) is 20.9 Å². The number of fused-ring (bicyclic) bond motifs is 5. The average Bonchev–Trinajstić information content (AvgIpc) is 3.21. The first-order valence-electron chi connectivity index (χ1n) is 9.35. The first kappa shape index (κ1) is 15.7. The van der Waals surface area contributed by atoms with Crippen LogP contribution in [0.2, 0.25) is 0 Å². The Morgan fingerprint density at radius 3 is 2.27 bits per heavy atom. The van der Waals surface area contributed by atoms with Crippen LogP contribution in [0.15, 0.2) is 36.7 Å². The van der Waals surface area contributed by atoms with Gasteiger partial charge in [-0.25, -0.2) is 0 Å². The number of imide groups is 1. The number of nitrogens with zero attached hydrogens (tertiary/aromatic N) is 3. The third-order valence-corrected chi connectivity index (χ3v) is 6.27. The van der Waals surface area contributed by atoms with Gasteiger partial charge in [0.1, 0.15) is 6.54 Å². The molecule has 3 fully saturated rings. The molecule has 6 nitrogen and oxygen atoms in total. The number of hydrogen-bond acceptors (Lipinski definition) is 4. The van der Waals surface area contributed by atoms with Crippen LogP contribution in [0.25, 0.3) is 0 Å². The van der Waals surface area contributed by atoms with Gasteiger partial charge in [-0.15, -0.1) is 0 Å². The second kappa shape index (κ2) is 5.76. The minimum Gasteiger partial charge on any atom is -0.334 e. The van der Waals surface area contributed by atoms with E-state index in [-0.39, 0.29) is 54.0 Å². The monoisotopic (exact) mass is 351 g/mol. The second-order valence-electron chi connectivity index (χ2n) is 7.87. The molecule has 2 saturated carbocycles. The number of rotatable bonds is 5. The van der Waals surface area contributed by atoms with Gasteiger partial charge in [-0.05, 0) is 48.8 Å². The van der Waals surface area contributed by atoms with E-state index >= 15 is 0 Å². The topological polar surface area (TPSA) is 70.6 Å². The molecule has 0 aromatic carbocycles. The summed E-state index contributed by atoms with van der Waals surface area (Å²) in [5, 5.41) is 0. The van der Waals surface area contributed by atoms with Gasteiger partial charge in [0.15, 0.2) is 0 Å². The predicted octanol–water partition coefficient (Wildman–Crippen LogP) is 1.38. The first-order valence-corrected chi connectivity index (χ1v) is 9.35. The summed E-state index contributed by atoms with van der Waals surface area (Å²) in [7, 11) is 0. The van der Waals surface area contributed by atoms with Gasteiger partial charge < -0.3 is 4.90 Å². The summed E-state index contributed by atoms with van der Waals surface area (Å²) in [5.74, 6) is -0.545. The minimum absolute atomic E-state index is 0.119. The van der Waals surface area contributed by atoms with Crippen molar-refractivity contribution in [3.05, 3.63) is 42.2 Å². The summed E-state index contributed by atoms with van der Waals surface area (Å²) in [6, 6.07) is 4.01. The zero-order valence-corrected chi connectivity index (χ0v) is 14.5. The van der Waals surface area contributed by atoms with Gasteiger partial charge in [0.25, 0.3) is 0 Å². The summed E-state index contributed by atoms with van der Waals surface area (Å²) in [6.45, 7) is 0.383. The van der Waals surface area contributed by atoms with Crippen LogP contribution in [0.5, 0.6) is 0 Å². The maximum Gasteiger partial charge on any atom is 0.243 e. The smallest absolute Gasteiger partial charge is 0.243 e. The molecule has 0 unspecified atom stereocenters. The number of carbonyl (C=O) groups excluding carboxylic acids is 3. The molecule has 0 spiro atoms. The lowest BCUT2D eigenvalue weighted by molar-refractivity contribution is -0.147. The second-order valence-corrected chi connectivity index (χ2v) is 7.87. The van der Waals surface area contributed by atoms with Crippen molar-refractivity contribution < 1.29 is 14.4 Å². The minimum atomic E-state index is -0.236. The SMILES string of the molecule is O=C1[C@@H]2[C@@H](C(=O)N1CC(=O)N(Cc1ccncc1)C1CC1)[C@H]1C=C[C@H]2C1. The molecule has 1 aliphatic heterocycles. The molecule has 2 bridgehead atoms. The lowest BCUT2D eigenvalue weighted by Crippen LogP contribution is -2.44. The molecule has 4 atom stereocenters. The van der Waals surface area contributed by atoms with Crippen LogP contribution in [0.4, 0.5) is 0 Å². The molecule has 0 radical (unpaired) electrons. The van der Waals surface area contributed by atoms with Crippen LogP contribution in [-0.4, -0.2) is 45.1 Å². The molecule has 3 aliphatic carbocycles. The molecular formula is C20H21N3O3. The molecule has 5 rings (SSSR count). The van der Waals surface area contributed by atoms with Crippen molar-refractivity contribution in [3.8, 4) is 0 Å². The number of amides is 3. The Morgan fingerprint density at radius 2 is 1.69 bits per heavy atom. The number of allylic oxidation sites excluding steroid dienone is 2. The lowest BCUT2D eigenvalue weighted by Gasteiger charge is -2.25. The number of carbonyl (C=O) groups is 3. The Balaban J connectivity index is 1.31. The van der Waals surface area contributed by atoms with Gasteiger partial charge in [0.2, 0.25) is 17.7 Å². The summed E-state index contributed by atoms with van der Waals surface area (Å²) < 4.78 is 0. The normalized spacial score (nSPS) is 31.6. The molecule has 2 heterocycles. The van der Waals surface area contributed by atoms with E-state index in [2.05, 4.69) is 17.1 Å². The van der Waals surface area contributed by atoms with Gasteiger partial charge in [0.05, 0.1) is 11.8 Å². The predicted molar refractivity (Wildman–Crippen MR) is 92.2 cm³/mol. The molecule has 1 aromatic rings. The highest BCUT2D eigenvalue weighted by Gasteiger charge is 2.59. The van der Waals surface area contributed by atoms with Crippen molar-refractivity contribution >= 4 is 17.7 Å². The highest BCUT2D eigenvalue weighted by Crippen LogP contribution is 2.52. The van der Waals surface area contributed by atoms with Gasteiger partial charge in [-0.2, -0.15) is 0 Å². The molecule has 134 valence electrons. The zero-order chi connectivity index (χ0) is 17.8. The summed E-state index contributed by atoms with van der Waals surface area (Å²) in [4.78, 5) is 45.5. The highest BCUT2D eigenvalue weighted by atomic mass is 16.2. The Bertz CT molecular complexity index is 772. The number of hydrogen-bond donors (Lipinski definition) is 0. The number of likely N-dealkylation sites (tertiary alicyclic amines) is 1. The highest BCUT2D eigenvalue weighted by molar-refractivity contribution is 6.08. The van der Waals surface area contributed by atoms with Crippen molar-refractivity contribution in [3.63, 3.8) is 0 Å².